The number of para-hydroxylation sites is 1. The second kappa shape index (κ2) is 9.79. The molecule has 3 heteroatoms. The number of rotatable bonds is 0. The monoisotopic (exact) mass is 669 g/mol. The fourth-order valence-electron chi connectivity index (χ4n) is 9.49. The Labute approximate surface area is 306 Å². The topological polar surface area (TPSA) is 12.5 Å². The lowest BCUT2D eigenvalue weighted by molar-refractivity contribution is 0.420. The van der Waals surface area contributed by atoms with E-state index >= 15 is 0 Å². The van der Waals surface area contributed by atoms with Crippen molar-refractivity contribution in [2.24, 2.45) is 0 Å². The molecule has 4 heterocycles. The van der Waals surface area contributed by atoms with Gasteiger partial charge in [0.05, 0.1) is 0 Å². The van der Waals surface area contributed by atoms with Crippen molar-refractivity contribution in [3.63, 3.8) is 0 Å². The molecule has 51 heavy (non-hydrogen) atoms. The third kappa shape index (κ3) is 4.30. The summed E-state index contributed by atoms with van der Waals surface area (Å²) in [6, 6.07) is 30.9. The number of benzene rings is 5. The fourth-order valence-corrected chi connectivity index (χ4v) is 9.49. The molecular formula is C48H52BNO. The van der Waals surface area contributed by atoms with Crippen LogP contribution in [0.2, 0.25) is 0 Å². The van der Waals surface area contributed by atoms with Crippen LogP contribution in [0.15, 0.2) is 78.9 Å². The van der Waals surface area contributed by atoms with Gasteiger partial charge >= 0.3 is 6.85 Å². The van der Waals surface area contributed by atoms with Crippen molar-refractivity contribution in [3.8, 4) is 33.8 Å². The quantitative estimate of drug-likeness (QED) is 0.152. The summed E-state index contributed by atoms with van der Waals surface area (Å²) in [6.07, 6.45) is 0. The van der Waals surface area contributed by atoms with Crippen molar-refractivity contribution >= 4 is 29.1 Å². The number of anilines is 2. The van der Waals surface area contributed by atoms with Gasteiger partial charge in [-0.1, -0.05) is 151 Å². The summed E-state index contributed by atoms with van der Waals surface area (Å²) in [7, 11) is 0. The van der Waals surface area contributed by atoms with E-state index in [-0.39, 0.29) is 33.9 Å². The normalized spacial score (nSPS) is 17.1. The summed E-state index contributed by atoms with van der Waals surface area (Å²) in [5.74, 6) is 1.99. The smallest absolute Gasteiger partial charge is 0.329 e. The molecule has 0 saturated heterocycles. The molecule has 5 aromatic rings. The number of hydrogen-bond donors (Lipinski definition) is 0. The number of fused-ring (bicyclic) bond motifs is 9. The van der Waals surface area contributed by atoms with Crippen LogP contribution < -0.4 is 20.5 Å². The molecule has 0 amide bonds. The lowest BCUT2D eigenvalue weighted by atomic mass is 9.41. The highest BCUT2D eigenvalue weighted by Gasteiger charge is 2.52. The van der Waals surface area contributed by atoms with E-state index in [1.807, 2.05) is 0 Å². The van der Waals surface area contributed by atoms with E-state index in [1.165, 1.54) is 83.5 Å². The molecule has 4 aliphatic rings. The highest BCUT2D eigenvalue weighted by molar-refractivity contribution is 6.92. The Hall–Kier alpha value is -4.24. The molecule has 0 fully saturated rings. The van der Waals surface area contributed by atoms with Crippen LogP contribution in [0, 0.1) is 0 Å². The summed E-state index contributed by atoms with van der Waals surface area (Å²) in [6.45, 7) is 30.8. The van der Waals surface area contributed by atoms with E-state index < -0.39 is 0 Å². The van der Waals surface area contributed by atoms with E-state index in [4.69, 9.17) is 4.74 Å². The number of nitrogens with zero attached hydrogens (tertiary/aromatic N) is 1. The van der Waals surface area contributed by atoms with Crippen LogP contribution in [0.3, 0.4) is 0 Å². The lowest BCUT2D eigenvalue weighted by Gasteiger charge is -2.53. The van der Waals surface area contributed by atoms with Gasteiger partial charge in [-0.2, -0.15) is 0 Å². The largest absolute Gasteiger partial charge is 0.456 e. The molecular weight excluding hydrogens is 617 g/mol. The molecule has 9 rings (SSSR count). The standard InChI is InChI=1S/C48H52BNO/c1-44(2,3)27-18-20-37-30(22-27)31-23-28(45(4,5)6)25-35-41(31)50-42-32(24-29(46(7,8)9)26-36(42)48(35,12)13)40-38(49(37)50)21-19-34-43(40)51-39-17-15-14-16-33(39)47(34,10)11/h14-26H,1-13H3. The average Bonchev–Trinajstić information content (AvgIpc) is 3.04. The summed E-state index contributed by atoms with van der Waals surface area (Å²) in [5, 5.41) is 0. The average molecular weight is 670 g/mol. The van der Waals surface area contributed by atoms with Crippen molar-refractivity contribution in [3.05, 3.63) is 118 Å². The van der Waals surface area contributed by atoms with Crippen LogP contribution >= 0.6 is 0 Å². The first kappa shape index (κ1) is 32.7. The molecule has 0 saturated carbocycles. The van der Waals surface area contributed by atoms with Crippen molar-refractivity contribution in [1.29, 1.82) is 0 Å². The first-order chi connectivity index (χ1) is 23.7. The summed E-state index contributed by atoms with van der Waals surface area (Å²) >= 11 is 0. The van der Waals surface area contributed by atoms with Gasteiger partial charge in [0.1, 0.15) is 11.5 Å². The van der Waals surface area contributed by atoms with E-state index in [1.54, 1.807) is 0 Å². The van der Waals surface area contributed by atoms with Crippen molar-refractivity contribution in [1.82, 2.24) is 0 Å². The molecule has 258 valence electrons. The predicted molar refractivity (Wildman–Crippen MR) is 218 cm³/mol. The van der Waals surface area contributed by atoms with E-state index in [0.717, 1.165) is 11.5 Å². The van der Waals surface area contributed by atoms with Crippen molar-refractivity contribution < 1.29 is 4.74 Å². The number of hydrogen-bond acceptors (Lipinski definition) is 2. The van der Waals surface area contributed by atoms with Crippen molar-refractivity contribution in [2.45, 2.75) is 117 Å². The maximum absolute atomic E-state index is 7.14. The van der Waals surface area contributed by atoms with Crippen molar-refractivity contribution in [2.75, 3.05) is 4.81 Å². The molecule has 0 atom stereocenters. The molecule has 0 spiro atoms. The Morgan fingerprint density at radius 1 is 0.510 bits per heavy atom. The molecule has 0 bridgehead atoms. The Kier molecular flexibility index (Phi) is 6.27. The van der Waals surface area contributed by atoms with E-state index in [9.17, 15) is 0 Å². The molecule has 5 aromatic carbocycles. The zero-order valence-electron chi connectivity index (χ0n) is 32.9. The van der Waals surface area contributed by atoms with Crippen LogP contribution in [0.4, 0.5) is 11.4 Å². The Morgan fingerprint density at radius 2 is 1.04 bits per heavy atom. The molecule has 0 unspecified atom stereocenters. The second-order valence-electron chi connectivity index (χ2n) is 19.9. The second-order valence-corrected chi connectivity index (χ2v) is 19.9. The molecule has 0 radical (unpaired) electrons. The van der Waals surface area contributed by atoms with E-state index in [0.29, 0.717) is 0 Å². The molecule has 4 aliphatic heterocycles. The zero-order chi connectivity index (χ0) is 36.4. The van der Waals surface area contributed by atoms with Gasteiger partial charge in [-0.25, -0.2) is 0 Å². The molecule has 2 nitrogen and oxygen atoms in total. The Morgan fingerprint density at radius 3 is 1.67 bits per heavy atom. The first-order valence-corrected chi connectivity index (χ1v) is 19.0. The number of ether oxygens (including phenoxy) is 1. The highest BCUT2D eigenvalue weighted by atomic mass is 16.5. The van der Waals surface area contributed by atoms with E-state index in [2.05, 4.69) is 174 Å². The van der Waals surface area contributed by atoms with Gasteiger partial charge in [0, 0.05) is 50.0 Å². The molecule has 0 aliphatic carbocycles. The van der Waals surface area contributed by atoms with Crippen LogP contribution in [0.5, 0.6) is 11.5 Å². The summed E-state index contributed by atoms with van der Waals surface area (Å²) < 4.78 is 7.14. The van der Waals surface area contributed by atoms with Crippen LogP contribution in [0.1, 0.15) is 129 Å². The minimum atomic E-state index is -0.226. The third-order valence-corrected chi connectivity index (χ3v) is 12.7. The van der Waals surface area contributed by atoms with Gasteiger partial charge in [0.25, 0.3) is 0 Å². The SMILES string of the molecule is CC(C)(C)c1ccc2c(c1)-c1cc(C(C)(C)C)cc3c1N1B2c2ccc4c(c2-c2cc(C(C)(C)C)cc(c21)C3(C)C)Oc1ccccc1C4(C)C. The van der Waals surface area contributed by atoms with Gasteiger partial charge in [0.2, 0.25) is 0 Å². The minimum Gasteiger partial charge on any atom is -0.456 e. The van der Waals surface area contributed by atoms with Gasteiger partial charge in [-0.15, -0.1) is 0 Å². The first-order valence-electron chi connectivity index (χ1n) is 19.0. The molecule has 0 N–H and O–H groups in total. The fraction of sp³-hybridized carbons (Fsp3) is 0.375. The third-order valence-electron chi connectivity index (χ3n) is 12.7. The summed E-state index contributed by atoms with van der Waals surface area (Å²) in [4.78, 5) is 2.75. The Bertz CT molecular complexity index is 2350. The zero-order valence-corrected chi connectivity index (χ0v) is 32.9. The summed E-state index contributed by atoms with van der Waals surface area (Å²) in [5.41, 5.74) is 19.8. The maximum atomic E-state index is 7.14. The van der Waals surface area contributed by atoms with Gasteiger partial charge < -0.3 is 9.55 Å². The molecule has 0 aromatic heterocycles. The van der Waals surface area contributed by atoms with Gasteiger partial charge in [-0.05, 0) is 78.8 Å². The predicted octanol–water partition coefficient (Wildman–Crippen LogP) is 11.6. The minimum absolute atomic E-state index is 0.00689. The maximum Gasteiger partial charge on any atom is 0.329 e. The van der Waals surface area contributed by atoms with Crippen LogP contribution in [-0.2, 0) is 27.1 Å². The van der Waals surface area contributed by atoms with Crippen LogP contribution in [0.25, 0.3) is 22.3 Å². The van der Waals surface area contributed by atoms with Gasteiger partial charge in [-0.3, -0.25) is 0 Å². The van der Waals surface area contributed by atoms with Gasteiger partial charge in [0.15, 0.2) is 0 Å². The lowest BCUT2D eigenvalue weighted by Crippen LogP contribution is -2.62. The van der Waals surface area contributed by atoms with Crippen LogP contribution in [-0.4, -0.2) is 6.85 Å². The highest BCUT2D eigenvalue weighted by Crippen LogP contribution is 2.62. The Balaban J connectivity index is 1.46.